The molecule has 0 saturated carbocycles. The molecule has 2 unspecified atom stereocenters. The van der Waals surface area contributed by atoms with Crippen molar-refractivity contribution >= 4 is 11.8 Å². The Morgan fingerprint density at radius 3 is 2.46 bits per heavy atom. The van der Waals surface area contributed by atoms with Crippen LogP contribution in [0.1, 0.15) is 30.0 Å². The number of benzene rings is 2. The maximum absolute atomic E-state index is 13.1. The highest BCUT2D eigenvalue weighted by Crippen LogP contribution is 2.25. The summed E-state index contributed by atoms with van der Waals surface area (Å²) in [5.74, 6) is 0.330. The topological polar surface area (TPSA) is 96.7 Å². The smallest absolute Gasteiger partial charge is 0.241 e. The van der Waals surface area contributed by atoms with Crippen molar-refractivity contribution in [2.24, 2.45) is 5.73 Å². The van der Waals surface area contributed by atoms with E-state index in [-0.39, 0.29) is 24.4 Å². The fraction of sp³-hybridized carbons (Fsp3) is 0.333. The Bertz CT molecular complexity index is 795. The van der Waals surface area contributed by atoms with Crippen LogP contribution in [0, 0.1) is 0 Å². The quantitative estimate of drug-likeness (QED) is 0.643. The van der Waals surface area contributed by atoms with Crippen LogP contribution in [0.15, 0.2) is 54.6 Å². The Hall–Kier alpha value is -2.90. The molecule has 1 saturated heterocycles. The molecule has 3 rings (SSSR count). The molecule has 2 amide bonds. The lowest BCUT2D eigenvalue weighted by atomic mass is 10.0. The molecule has 1 aliphatic rings. The second-order valence-electron chi connectivity index (χ2n) is 6.86. The van der Waals surface area contributed by atoms with Crippen molar-refractivity contribution in [1.29, 1.82) is 0 Å². The highest BCUT2D eigenvalue weighted by atomic mass is 16.5. The number of nitrogens with one attached hydrogen (secondary N) is 2. The molecule has 0 radical (unpaired) electrons. The van der Waals surface area contributed by atoms with Gasteiger partial charge in [-0.15, -0.1) is 0 Å². The van der Waals surface area contributed by atoms with Crippen LogP contribution < -0.4 is 21.3 Å². The molecule has 1 heterocycles. The number of hydrogen-bond donors (Lipinski definition) is 3. The maximum atomic E-state index is 13.1. The number of primary amides is 1. The van der Waals surface area contributed by atoms with Gasteiger partial charge in [0.15, 0.2) is 0 Å². The van der Waals surface area contributed by atoms with Crippen molar-refractivity contribution in [1.82, 2.24) is 15.8 Å². The van der Waals surface area contributed by atoms with Gasteiger partial charge in [-0.25, -0.2) is 10.9 Å². The zero-order chi connectivity index (χ0) is 19.9. The standard InChI is InChI=1S/C21H26N4O3/c1-28-17-9-7-16(8-10-17)18-13-19(24-23-18)21(27)25(12-11-20(22)26)14-15-5-3-2-4-6-15/h2-10,18-19,23-24H,11-14H2,1H3,(H2,22,26). The Labute approximate surface area is 164 Å². The zero-order valence-corrected chi connectivity index (χ0v) is 15.9. The molecule has 28 heavy (non-hydrogen) atoms. The molecular weight excluding hydrogens is 356 g/mol. The van der Waals surface area contributed by atoms with Crippen LogP contribution in [0.3, 0.4) is 0 Å². The summed E-state index contributed by atoms with van der Waals surface area (Å²) in [6.07, 6.45) is 0.758. The van der Waals surface area contributed by atoms with E-state index in [2.05, 4.69) is 10.9 Å². The van der Waals surface area contributed by atoms with Crippen molar-refractivity contribution in [3.8, 4) is 5.75 Å². The second kappa shape index (κ2) is 9.34. The first kappa shape index (κ1) is 19.9. The monoisotopic (exact) mass is 382 g/mol. The molecule has 2 aromatic carbocycles. The minimum absolute atomic E-state index is 0.0228. The molecule has 0 aliphatic carbocycles. The highest BCUT2D eigenvalue weighted by molar-refractivity contribution is 5.83. The highest BCUT2D eigenvalue weighted by Gasteiger charge is 2.33. The molecule has 1 fully saturated rings. The lowest BCUT2D eigenvalue weighted by Gasteiger charge is -2.25. The van der Waals surface area contributed by atoms with Gasteiger partial charge in [0.25, 0.3) is 0 Å². The van der Waals surface area contributed by atoms with Gasteiger partial charge in [-0.2, -0.15) is 0 Å². The molecule has 7 heteroatoms. The SMILES string of the molecule is COc1ccc(C2CC(C(=O)N(CCC(N)=O)Cc3ccccc3)NN2)cc1. The van der Waals surface area contributed by atoms with Crippen molar-refractivity contribution < 1.29 is 14.3 Å². The first-order valence-electron chi connectivity index (χ1n) is 9.33. The Morgan fingerprint density at radius 1 is 1.11 bits per heavy atom. The van der Waals surface area contributed by atoms with Gasteiger partial charge in [-0.05, 0) is 29.7 Å². The van der Waals surface area contributed by atoms with Crippen molar-refractivity contribution in [2.75, 3.05) is 13.7 Å². The normalized spacial score (nSPS) is 18.6. The van der Waals surface area contributed by atoms with Crippen LogP contribution in [0.5, 0.6) is 5.75 Å². The number of ether oxygens (including phenoxy) is 1. The van der Waals surface area contributed by atoms with E-state index in [9.17, 15) is 9.59 Å². The first-order valence-corrected chi connectivity index (χ1v) is 9.33. The third-order valence-electron chi connectivity index (χ3n) is 4.88. The summed E-state index contributed by atoms with van der Waals surface area (Å²) in [6.45, 7) is 0.743. The van der Waals surface area contributed by atoms with Gasteiger partial charge < -0.3 is 15.4 Å². The summed E-state index contributed by atoms with van der Waals surface area (Å²) in [5, 5.41) is 0. The van der Waals surface area contributed by atoms with E-state index in [0.717, 1.165) is 16.9 Å². The summed E-state index contributed by atoms with van der Waals surface area (Å²) in [6, 6.07) is 17.2. The molecule has 2 atom stereocenters. The zero-order valence-electron chi connectivity index (χ0n) is 15.9. The summed E-state index contributed by atoms with van der Waals surface area (Å²) >= 11 is 0. The first-order chi connectivity index (χ1) is 13.6. The van der Waals surface area contributed by atoms with Gasteiger partial charge >= 0.3 is 0 Å². The molecule has 0 aromatic heterocycles. The molecular formula is C21H26N4O3. The maximum Gasteiger partial charge on any atom is 0.241 e. The largest absolute Gasteiger partial charge is 0.497 e. The van der Waals surface area contributed by atoms with Gasteiger partial charge in [-0.1, -0.05) is 42.5 Å². The molecule has 4 N–H and O–H groups in total. The van der Waals surface area contributed by atoms with Crippen molar-refractivity contribution in [3.63, 3.8) is 0 Å². The predicted molar refractivity (Wildman–Crippen MR) is 106 cm³/mol. The Balaban J connectivity index is 1.66. The van der Waals surface area contributed by atoms with Crippen LogP contribution in [-0.2, 0) is 16.1 Å². The fourth-order valence-corrected chi connectivity index (χ4v) is 3.31. The van der Waals surface area contributed by atoms with Crippen molar-refractivity contribution in [3.05, 3.63) is 65.7 Å². The minimum atomic E-state index is -0.417. The van der Waals surface area contributed by atoms with E-state index in [1.54, 1.807) is 12.0 Å². The van der Waals surface area contributed by atoms with Crippen LogP contribution in [0.2, 0.25) is 0 Å². The molecule has 2 aromatic rings. The molecule has 0 bridgehead atoms. The fourth-order valence-electron chi connectivity index (χ4n) is 3.31. The van der Waals surface area contributed by atoms with Gasteiger partial charge in [-0.3, -0.25) is 9.59 Å². The average Bonchev–Trinajstić information content (AvgIpc) is 3.21. The van der Waals surface area contributed by atoms with E-state index in [0.29, 0.717) is 19.5 Å². The van der Waals surface area contributed by atoms with E-state index < -0.39 is 5.91 Å². The van der Waals surface area contributed by atoms with E-state index in [1.165, 1.54) is 0 Å². The van der Waals surface area contributed by atoms with Gasteiger partial charge in [0.1, 0.15) is 11.8 Å². The second-order valence-corrected chi connectivity index (χ2v) is 6.86. The number of rotatable bonds is 8. The number of amides is 2. The number of hydrogen-bond acceptors (Lipinski definition) is 5. The summed E-state index contributed by atoms with van der Waals surface area (Å²) in [4.78, 5) is 26.0. The van der Waals surface area contributed by atoms with Crippen LogP contribution >= 0.6 is 0 Å². The summed E-state index contributed by atoms with van der Waals surface area (Å²) in [5.41, 5.74) is 13.7. The predicted octanol–water partition coefficient (Wildman–Crippen LogP) is 1.51. The Kier molecular flexibility index (Phi) is 6.62. The number of hydrazine groups is 1. The van der Waals surface area contributed by atoms with Crippen LogP contribution in [0.4, 0.5) is 0 Å². The van der Waals surface area contributed by atoms with E-state index in [1.807, 2.05) is 54.6 Å². The molecule has 1 aliphatic heterocycles. The number of methoxy groups -OCH3 is 1. The lowest BCUT2D eigenvalue weighted by molar-refractivity contribution is -0.134. The van der Waals surface area contributed by atoms with Crippen LogP contribution in [-0.4, -0.2) is 36.4 Å². The third kappa shape index (κ3) is 5.09. The number of carbonyl (C=O) groups excluding carboxylic acids is 2. The molecule has 7 nitrogen and oxygen atoms in total. The van der Waals surface area contributed by atoms with Crippen LogP contribution in [0.25, 0.3) is 0 Å². The number of carbonyl (C=O) groups is 2. The minimum Gasteiger partial charge on any atom is -0.497 e. The molecule has 0 spiro atoms. The Morgan fingerprint density at radius 2 is 1.82 bits per heavy atom. The summed E-state index contributed by atoms with van der Waals surface area (Å²) in [7, 11) is 1.63. The summed E-state index contributed by atoms with van der Waals surface area (Å²) < 4.78 is 5.19. The number of nitrogens with two attached hydrogens (primary N) is 1. The third-order valence-corrected chi connectivity index (χ3v) is 4.88. The van der Waals surface area contributed by atoms with E-state index >= 15 is 0 Å². The van der Waals surface area contributed by atoms with E-state index in [4.69, 9.17) is 10.5 Å². The molecule has 148 valence electrons. The number of nitrogens with zero attached hydrogens (tertiary/aromatic N) is 1. The van der Waals surface area contributed by atoms with Gasteiger partial charge in [0.05, 0.1) is 7.11 Å². The lowest BCUT2D eigenvalue weighted by Crippen LogP contribution is -2.46. The van der Waals surface area contributed by atoms with Gasteiger partial charge in [0.2, 0.25) is 11.8 Å². The average molecular weight is 382 g/mol. The van der Waals surface area contributed by atoms with Crippen molar-refractivity contribution in [2.45, 2.75) is 31.5 Å². The van der Waals surface area contributed by atoms with Gasteiger partial charge in [0, 0.05) is 25.6 Å².